The van der Waals surface area contributed by atoms with E-state index in [-0.39, 0.29) is 6.10 Å². The van der Waals surface area contributed by atoms with Crippen LogP contribution < -0.4 is 4.74 Å². The van der Waals surface area contributed by atoms with Gasteiger partial charge in [0.1, 0.15) is 12.4 Å². The van der Waals surface area contributed by atoms with Gasteiger partial charge in [-0.2, -0.15) is 0 Å². The van der Waals surface area contributed by atoms with Gasteiger partial charge in [-0.05, 0) is 66.8 Å². The highest BCUT2D eigenvalue weighted by atomic mass is 16.5. The van der Waals surface area contributed by atoms with Gasteiger partial charge in [0.05, 0.1) is 6.10 Å². The lowest BCUT2D eigenvalue weighted by Gasteiger charge is -2.16. The summed E-state index contributed by atoms with van der Waals surface area (Å²) in [5.74, 6) is -0.203. The van der Waals surface area contributed by atoms with Gasteiger partial charge in [0.2, 0.25) is 0 Å². The Bertz CT molecular complexity index is 1020. The normalized spacial score (nSPS) is 12.6. The smallest absolute Gasteiger partial charge is 0.333 e. The number of hydrogen-bond acceptors (Lipinski definition) is 3. The van der Waals surface area contributed by atoms with Crippen molar-refractivity contribution in [2.24, 2.45) is 0 Å². The molecule has 0 fully saturated rings. The zero-order valence-corrected chi connectivity index (χ0v) is 18.8. The molecule has 0 heterocycles. The number of carbonyl (C=O) groups is 1. The number of carboxylic acids is 1. The fourth-order valence-corrected chi connectivity index (χ4v) is 3.39. The summed E-state index contributed by atoms with van der Waals surface area (Å²) in [6.07, 6.45) is 1.40. The third-order valence-electron chi connectivity index (χ3n) is 5.14. The summed E-state index contributed by atoms with van der Waals surface area (Å²) in [4.78, 5) is 11.4. The second-order valence-corrected chi connectivity index (χ2v) is 8.00. The van der Waals surface area contributed by atoms with Crippen LogP contribution in [0.4, 0.5) is 0 Å². The van der Waals surface area contributed by atoms with E-state index in [4.69, 9.17) is 9.47 Å². The van der Waals surface area contributed by atoms with Crippen LogP contribution in [-0.2, 0) is 16.0 Å². The van der Waals surface area contributed by atoms with E-state index in [0.717, 1.165) is 22.4 Å². The molecule has 1 unspecified atom stereocenters. The van der Waals surface area contributed by atoms with Crippen LogP contribution in [0, 0.1) is 0 Å². The molecule has 166 valence electrons. The lowest BCUT2D eigenvalue weighted by molar-refractivity contribution is -0.153. The fourth-order valence-electron chi connectivity index (χ4n) is 3.39. The van der Waals surface area contributed by atoms with Crippen LogP contribution in [0.2, 0.25) is 0 Å². The maximum atomic E-state index is 11.4. The predicted octanol–water partition coefficient (Wildman–Crippen LogP) is 6.26. The van der Waals surface area contributed by atoms with Crippen LogP contribution in [0.5, 0.6) is 5.75 Å². The summed E-state index contributed by atoms with van der Waals surface area (Å²) in [5.41, 5.74) is 5.61. The Kier molecular flexibility index (Phi) is 8.23. The van der Waals surface area contributed by atoms with Crippen LogP contribution in [0.15, 0.2) is 84.9 Å². The first-order chi connectivity index (χ1) is 15.4. The van der Waals surface area contributed by atoms with Gasteiger partial charge in [-0.1, -0.05) is 66.7 Å². The largest absolute Gasteiger partial charge is 0.490 e. The molecule has 0 saturated carbocycles. The number of aliphatic carboxylic acids is 1. The number of benzene rings is 3. The summed E-state index contributed by atoms with van der Waals surface area (Å²) in [7, 11) is 0. The lowest BCUT2D eigenvalue weighted by Crippen LogP contribution is -2.29. The number of rotatable bonds is 10. The van der Waals surface area contributed by atoms with Gasteiger partial charge in [-0.3, -0.25) is 0 Å². The monoisotopic (exact) mass is 430 g/mol. The van der Waals surface area contributed by atoms with E-state index in [0.29, 0.717) is 13.0 Å². The summed E-state index contributed by atoms with van der Waals surface area (Å²) >= 11 is 0. The van der Waals surface area contributed by atoms with E-state index in [9.17, 15) is 9.90 Å². The average molecular weight is 431 g/mol. The molecule has 0 aliphatic heterocycles. The van der Waals surface area contributed by atoms with Crippen molar-refractivity contribution in [3.8, 4) is 16.9 Å². The molecule has 3 aromatic carbocycles. The van der Waals surface area contributed by atoms with Gasteiger partial charge in [-0.15, -0.1) is 0 Å². The van der Waals surface area contributed by atoms with E-state index < -0.39 is 12.1 Å². The summed E-state index contributed by atoms with van der Waals surface area (Å²) < 4.78 is 11.3. The average Bonchev–Trinajstić information content (AvgIpc) is 2.80. The quantitative estimate of drug-likeness (QED) is 0.413. The molecule has 0 amide bonds. The maximum Gasteiger partial charge on any atom is 0.333 e. The van der Waals surface area contributed by atoms with E-state index >= 15 is 0 Å². The minimum atomic E-state index is -0.948. The Morgan fingerprint density at radius 3 is 2.12 bits per heavy atom. The van der Waals surface area contributed by atoms with Crippen molar-refractivity contribution in [1.82, 2.24) is 0 Å². The van der Waals surface area contributed by atoms with Gasteiger partial charge in [0.25, 0.3) is 0 Å². The number of carboxylic acid groups (broad SMARTS) is 1. The van der Waals surface area contributed by atoms with Crippen molar-refractivity contribution < 1.29 is 19.4 Å². The molecular weight excluding hydrogens is 400 g/mol. The topological polar surface area (TPSA) is 55.8 Å². The first-order valence-electron chi connectivity index (χ1n) is 10.8. The van der Waals surface area contributed by atoms with Gasteiger partial charge in [0.15, 0.2) is 6.10 Å². The van der Waals surface area contributed by atoms with Crippen LogP contribution >= 0.6 is 0 Å². The molecule has 3 rings (SSSR count). The van der Waals surface area contributed by atoms with Gasteiger partial charge in [0, 0.05) is 6.42 Å². The second kappa shape index (κ2) is 11.3. The molecule has 0 saturated heterocycles. The van der Waals surface area contributed by atoms with E-state index in [1.807, 2.05) is 56.3 Å². The number of hydrogen-bond donors (Lipinski definition) is 1. The van der Waals surface area contributed by atoms with Gasteiger partial charge in [-0.25, -0.2) is 4.79 Å². The van der Waals surface area contributed by atoms with Gasteiger partial charge >= 0.3 is 5.97 Å². The van der Waals surface area contributed by atoms with Gasteiger partial charge < -0.3 is 14.6 Å². The lowest BCUT2D eigenvalue weighted by atomic mass is 10.0. The van der Waals surface area contributed by atoms with E-state index in [1.54, 1.807) is 0 Å². The van der Waals surface area contributed by atoms with Crippen LogP contribution in [0.25, 0.3) is 16.7 Å². The first kappa shape index (κ1) is 23.3. The highest BCUT2D eigenvalue weighted by Gasteiger charge is 2.20. The Hall–Kier alpha value is -3.37. The second-order valence-electron chi connectivity index (χ2n) is 8.00. The molecule has 1 N–H and O–H groups in total. The third-order valence-corrected chi connectivity index (χ3v) is 5.14. The standard InChI is InChI=1S/C28H30O4/c1-20(2)32-27(28(29)30)19-22-9-15-26(16-10-22)31-18-17-21(3)23-11-13-25(14-12-23)24-7-5-4-6-8-24/h4-17,20,27H,18-19H2,1-3H3,(H,29,30)/b21-17-. The van der Waals surface area contributed by atoms with Crippen molar-refractivity contribution in [2.75, 3.05) is 6.61 Å². The Morgan fingerprint density at radius 2 is 1.53 bits per heavy atom. The number of allylic oxidation sites excluding steroid dienone is 1. The minimum Gasteiger partial charge on any atom is -0.490 e. The van der Waals surface area contributed by atoms with Crippen molar-refractivity contribution in [3.05, 3.63) is 96.1 Å². The molecule has 0 aliphatic carbocycles. The first-order valence-corrected chi connectivity index (χ1v) is 10.8. The summed E-state index contributed by atoms with van der Waals surface area (Å²) in [6.45, 7) is 6.20. The minimum absolute atomic E-state index is 0.136. The maximum absolute atomic E-state index is 11.4. The van der Waals surface area contributed by atoms with Crippen LogP contribution in [0.1, 0.15) is 31.9 Å². The molecule has 0 aliphatic rings. The van der Waals surface area contributed by atoms with E-state index in [2.05, 4.69) is 49.4 Å². The Morgan fingerprint density at radius 1 is 0.906 bits per heavy atom. The highest BCUT2D eigenvalue weighted by molar-refractivity contribution is 5.73. The van der Waals surface area contributed by atoms with Crippen molar-refractivity contribution in [1.29, 1.82) is 0 Å². The molecule has 0 bridgehead atoms. The molecular formula is C28H30O4. The molecule has 4 nitrogen and oxygen atoms in total. The molecule has 32 heavy (non-hydrogen) atoms. The fraction of sp³-hybridized carbons (Fsp3) is 0.250. The molecule has 0 aromatic heterocycles. The number of ether oxygens (including phenoxy) is 2. The summed E-state index contributed by atoms with van der Waals surface area (Å²) in [5, 5.41) is 9.32. The molecule has 3 aromatic rings. The third kappa shape index (κ3) is 6.82. The zero-order chi connectivity index (χ0) is 22.9. The molecule has 1 atom stereocenters. The van der Waals surface area contributed by atoms with Crippen LogP contribution in [-0.4, -0.2) is 29.9 Å². The van der Waals surface area contributed by atoms with Crippen molar-refractivity contribution >= 4 is 11.5 Å². The van der Waals surface area contributed by atoms with E-state index in [1.165, 1.54) is 11.1 Å². The van der Waals surface area contributed by atoms with Crippen molar-refractivity contribution in [3.63, 3.8) is 0 Å². The molecule has 0 radical (unpaired) electrons. The predicted molar refractivity (Wildman–Crippen MR) is 129 cm³/mol. The Balaban J connectivity index is 1.54. The van der Waals surface area contributed by atoms with Crippen molar-refractivity contribution in [2.45, 2.75) is 39.4 Å². The SMILES string of the molecule is C/C(=C/COc1ccc(CC(OC(C)C)C(=O)O)cc1)c1ccc(-c2ccccc2)cc1. The highest BCUT2D eigenvalue weighted by Crippen LogP contribution is 2.22. The summed E-state index contributed by atoms with van der Waals surface area (Å²) in [6, 6.07) is 26.3. The molecule has 0 spiro atoms. The zero-order valence-electron chi connectivity index (χ0n) is 18.8. The van der Waals surface area contributed by atoms with Crippen LogP contribution in [0.3, 0.4) is 0 Å². The molecule has 4 heteroatoms. The Labute approximate surface area is 190 Å².